The predicted molar refractivity (Wildman–Crippen MR) is 90.8 cm³/mol. The Morgan fingerprint density at radius 1 is 1.43 bits per heavy atom. The zero-order chi connectivity index (χ0) is 16.8. The number of cyclic esters (lactones) is 1. The first-order valence-corrected chi connectivity index (χ1v) is 8.97. The Morgan fingerprint density at radius 3 is 2.87 bits per heavy atom. The van der Waals surface area contributed by atoms with Gasteiger partial charge >= 0.3 is 5.97 Å². The normalized spacial score (nSPS) is 42.4. The summed E-state index contributed by atoms with van der Waals surface area (Å²) in [5.74, 6) is 0.304. The van der Waals surface area contributed by atoms with Crippen LogP contribution in [0, 0.1) is 22.7 Å². The zero-order valence-corrected chi connectivity index (χ0v) is 14.9. The molecule has 0 aromatic carbocycles. The molecule has 1 aliphatic heterocycles. The van der Waals surface area contributed by atoms with E-state index in [1.807, 2.05) is 0 Å². The molecule has 3 aliphatic rings. The summed E-state index contributed by atoms with van der Waals surface area (Å²) in [6.45, 7) is 9.32. The van der Waals surface area contributed by atoms with Crippen LogP contribution < -0.4 is 0 Å². The van der Waals surface area contributed by atoms with Crippen LogP contribution in [0.1, 0.15) is 59.8 Å². The van der Waals surface area contributed by atoms with E-state index >= 15 is 0 Å². The van der Waals surface area contributed by atoms with E-state index in [0.29, 0.717) is 12.5 Å². The van der Waals surface area contributed by atoms with Gasteiger partial charge in [-0.1, -0.05) is 31.6 Å². The third-order valence-electron chi connectivity index (χ3n) is 6.88. The highest BCUT2D eigenvalue weighted by Gasteiger charge is 2.60. The molecule has 1 saturated carbocycles. The van der Waals surface area contributed by atoms with Gasteiger partial charge in [0.15, 0.2) is 0 Å². The molecule has 0 radical (unpaired) electrons. The van der Waals surface area contributed by atoms with Gasteiger partial charge in [-0.3, -0.25) is 0 Å². The maximum atomic E-state index is 12.0. The summed E-state index contributed by atoms with van der Waals surface area (Å²) < 4.78 is 5.32. The Balaban J connectivity index is 1.91. The van der Waals surface area contributed by atoms with Crippen LogP contribution in [-0.4, -0.2) is 23.8 Å². The number of rotatable bonds is 3. The Kier molecular flexibility index (Phi) is 4.20. The quantitative estimate of drug-likeness (QED) is 0.631. The number of ether oxygens (including phenoxy) is 1. The fourth-order valence-electron chi connectivity index (χ4n) is 5.40. The van der Waals surface area contributed by atoms with Crippen molar-refractivity contribution < 1.29 is 14.6 Å². The SMILES string of the molecule is CC(C)=CCCC1(C)CCC(O)C2(C)C3COC(=O)C3=CCC12. The van der Waals surface area contributed by atoms with Gasteiger partial charge in [0.05, 0.1) is 12.7 Å². The number of aliphatic hydroxyl groups excluding tert-OH is 1. The van der Waals surface area contributed by atoms with Crippen molar-refractivity contribution in [3.8, 4) is 0 Å². The molecule has 23 heavy (non-hydrogen) atoms. The van der Waals surface area contributed by atoms with Crippen LogP contribution in [0.5, 0.6) is 0 Å². The Morgan fingerprint density at radius 2 is 2.17 bits per heavy atom. The van der Waals surface area contributed by atoms with Crippen LogP contribution in [0.3, 0.4) is 0 Å². The van der Waals surface area contributed by atoms with E-state index in [-0.39, 0.29) is 28.8 Å². The number of hydrogen-bond donors (Lipinski definition) is 1. The average Bonchev–Trinajstić information content (AvgIpc) is 2.86. The maximum Gasteiger partial charge on any atom is 0.334 e. The fraction of sp³-hybridized carbons (Fsp3) is 0.750. The minimum absolute atomic E-state index is 0.0619. The molecule has 1 N–H and O–H groups in total. The molecule has 3 heteroatoms. The molecule has 1 saturated heterocycles. The van der Waals surface area contributed by atoms with Gasteiger partial charge in [0.1, 0.15) is 0 Å². The van der Waals surface area contributed by atoms with Crippen LogP contribution in [0.2, 0.25) is 0 Å². The lowest BCUT2D eigenvalue weighted by molar-refractivity contribution is -0.138. The molecule has 0 spiro atoms. The summed E-state index contributed by atoms with van der Waals surface area (Å²) in [6.07, 6.45) is 9.11. The van der Waals surface area contributed by atoms with E-state index in [4.69, 9.17) is 4.74 Å². The van der Waals surface area contributed by atoms with Crippen molar-refractivity contribution in [2.24, 2.45) is 22.7 Å². The van der Waals surface area contributed by atoms with Crippen molar-refractivity contribution in [2.45, 2.75) is 65.9 Å². The number of esters is 1. The molecule has 0 aromatic heterocycles. The standard InChI is InChI=1S/C20H30O3/c1-13(2)6-5-10-19(3)11-9-17(21)20(4)15-12-23-18(22)14(15)7-8-16(19)20/h6-7,15-17,21H,5,8-12H2,1-4H3. The lowest BCUT2D eigenvalue weighted by atomic mass is 9.46. The molecule has 3 rings (SSSR count). The number of allylic oxidation sites excluding steroid dienone is 3. The molecule has 0 amide bonds. The van der Waals surface area contributed by atoms with Crippen molar-refractivity contribution in [3.05, 3.63) is 23.3 Å². The van der Waals surface area contributed by atoms with Gasteiger partial charge in [-0.05, 0) is 57.3 Å². The number of hydrogen-bond acceptors (Lipinski definition) is 3. The Labute approximate surface area is 139 Å². The first-order chi connectivity index (χ1) is 10.8. The molecule has 128 valence electrons. The lowest BCUT2D eigenvalue weighted by Crippen LogP contribution is -2.56. The average molecular weight is 318 g/mol. The zero-order valence-electron chi connectivity index (χ0n) is 14.9. The minimum atomic E-state index is -0.341. The second-order valence-electron chi connectivity index (χ2n) is 8.49. The molecule has 2 aliphatic carbocycles. The van der Waals surface area contributed by atoms with Gasteiger partial charge in [0.2, 0.25) is 0 Å². The van der Waals surface area contributed by atoms with Gasteiger partial charge in [-0.15, -0.1) is 0 Å². The third-order valence-corrected chi connectivity index (χ3v) is 6.88. The van der Waals surface area contributed by atoms with Crippen molar-refractivity contribution in [1.82, 2.24) is 0 Å². The van der Waals surface area contributed by atoms with Gasteiger partial charge < -0.3 is 9.84 Å². The highest BCUT2D eigenvalue weighted by atomic mass is 16.5. The van der Waals surface area contributed by atoms with E-state index in [0.717, 1.165) is 37.7 Å². The molecule has 5 atom stereocenters. The van der Waals surface area contributed by atoms with Crippen LogP contribution in [-0.2, 0) is 9.53 Å². The van der Waals surface area contributed by atoms with Gasteiger partial charge in [-0.2, -0.15) is 0 Å². The summed E-state index contributed by atoms with van der Waals surface area (Å²) in [5.41, 5.74) is 2.16. The number of carbonyl (C=O) groups excluding carboxylic acids is 1. The monoisotopic (exact) mass is 318 g/mol. The van der Waals surface area contributed by atoms with Crippen LogP contribution in [0.15, 0.2) is 23.3 Å². The fourth-order valence-corrected chi connectivity index (χ4v) is 5.40. The first-order valence-electron chi connectivity index (χ1n) is 8.97. The van der Waals surface area contributed by atoms with Crippen LogP contribution in [0.4, 0.5) is 0 Å². The topological polar surface area (TPSA) is 46.5 Å². The van der Waals surface area contributed by atoms with Gasteiger partial charge in [0, 0.05) is 16.9 Å². The number of carbonyl (C=O) groups is 1. The molecule has 0 aromatic rings. The second kappa shape index (κ2) is 5.77. The molecule has 0 bridgehead atoms. The molecule has 5 unspecified atom stereocenters. The van der Waals surface area contributed by atoms with E-state index in [2.05, 4.69) is 39.8 Å². The number of fused-ring (bicyclic) bond motifs is 3. The summed E-state index contributed by atoms with van der Waals surface area (Å²) in [5, 5.41) is 10.8. The second-order valence-corrected chi connectivity index (χ2v) is 8.49. The smallest absolute Gasteiger partial charge is 0.334 e. The first kappa shape index (κ1) is 16.8. The summed E-state index contributed by atoms with van der Waals surface area (Å²) in [7, 11) is 0. The van der Waals surface area contributed by atoms with Crippen molar-refractivity contribution >= 4 is 5.97 Å². The molecule has 2 fully saturated rings. The number of aliphatic hydroxyl groups is 1. The van der Waals surface area contributed by atoms with E-state index < -0.39 is 0 Å². The largest absolute Gasteiger partial charge is 0.462 e. The van der Waals surface area contributed by atoms with Crippen LogP contribution >= 0.6 is 0 Å². The summed E-state index contributed by atoms with van der Waals surface area (Å²) >= 11 is 0. The predicted octanol–water partition coefficient (Wildman–Crippen LogP) is 4.02. The van der Waals surface area contributed by atoms with Gasteiger partial charge in [-0.25, -0.2) is 4.79 Å². The van der Waals surface area contributed by atoms with Gasteiger partial charge in [0.25, 0.3) is 0 Å². The van der Waals surface area contributed by atoms with Crippen molar-refractivity contribution in [2.75, 3.05) is 6.61 Å². The maximum absolute atomic E-state index is 12.0. The van der Waals surface area contributed by atoms with E-state index in [1.54, 1.807) is 0 Å². The molecular weight excluding hydrogens is 288 g/mol. The summed E-state index contributed by atoms with van der Waals surface area (Å²) in [6, 6.07) is 0. The summed E-state index contributed by atoms with van der Waals surface area (Å²) in [4.78, 5) is 12.0. The van der Waals surface area contributed by atoms with E-state index in [9.17, 15) is 9.90 Å². The minimum Gasteiger partial charge on any atom is -0.462 e. The lowest BCUT2D eigenvalue weighted by Gasteiger charge is -2.58. The Hall–Kier alpha value is -1.09. The molecule has 1 heterocycles. The highest BCUT2D eigenvalue weighted by Crippen LogP contribution is 2.62. The Bertz CT molecular complexity index is 557. The molecular formula is C20H30O3. The van der Waals surface area contributed by atoms with Crippen LogP contribution in [0.25, 0.3) is 0 Å². The van der Waals surface area contributed by atoms with Crippen molar-refractivity contribution in [1.29, 1.82) is 0 Å². The molecule has 3 nitrogen and oxygen atoms in total. The highest BCUT2D eigenvalue weighted by molar-refractivity contribution is 5.91. The van der Waals surface area contributed by atoms with Crippen molar-refractivity contribution in [3.63, 3.8) is 0 Å². The third kappa shape index (κ3) is 2.57. The van der Waals surface area contributed by atoms with E-state index in [1.165, 1.54) is 5.57 Å².